The summed E-state index contributed by atoms with van der Waals surface area (Å²) in [4.78, 5) is 0. The van der Waals surface area contributed by atoms with Crippen molar-refractivity contribution in [1.82, 2.24) is 0 Å². The van der Waals surface area contributed by atoms with Gasteiger partial charge in [-0.1, -0.05) is 25.1 Å². The Morgan fingerprint density at radius 3 is 2.56 bits per heavy atom. The second kappa shape index (κ2) is 6.66. The fourth-order valence-corrected chi connectivity index (χ4v) is 1.58. The van der Waals surface area contributed by atoms with Crippen molar-refractivity contribution in [3.8, 4) is 0 Å². The molecule has 1 rings (SSSR count). The topological polar surface area (TPSA) is 29.5 Å². The van der Waals surface area contributed by atoms with Gasteiger partial charge in [-0.05, 0) is 37.0 Å². The van der Waals surface area contributed by atoms with Crippen LogP contribution in [-0.2, 0) is 4.74 Å². The van der Waals surface area contributed by atoms with E-state index < -0.39 is 6.10 Å². The molecule has 1 N–H and O–H groups in total. The zero-order valence-electron chi connectivity index (χ0n) is 10.5. The minimum Gasteiger partial charge on any atom is -0.388 e. The van der Waals surface area contributed by atoms with Gasteiger partial charge in [0.1, 0.15) is 0 Å². The van der Waals surface area contributed by atoms with Gasteiger partial charge in [0.2, 0.25) is 0 Å². The molecular weight excluding hydrogens is 200 g/mol. The van der Waals surface area contributed by atoms with Crippen LogP contribution in [0.2, 0.25) is 0 Å². The molecule has 16 heavy (non-hydrogen) atoms. The molecule has 0 aromatic heterocycles. The molecule has 1 atom stereocenters. The monoisotopic (exact) mass is 222 g/mol. The molecule has 0 spiro atoms. The van der Waals surface area contributed by atoms with Gasteiger partial charge >= 0.3 is 0 Å². The molecule has 0 radical (unpaired) electrons. The lowest BCUT2D eigenvalue weighted by Crippen LogP contribution is -2.04. The summed E-state index contributed by atoms with van der Waals surface area (Å²) in [5, 5.41) is 9.96. The van der Waals surface area contributed by atoms with E-state index in [1.54, 1.807) is 0 Å². The molecule has 0 bridgehead atoms. The average Bonchev–Trinajstić information content (AvgIpc) is 2.28. The van der Waals surface area contributed by atoms with Crippen LogP contribution in [0.25, 0.3) is 0 Å². The molecule has 0 fully saturated rings. The highest BCUT2D eigenvalue weighted by molar-refractivity contribution is 5.31. The third-order valence-electron chi connectivity index (χ3n) is 2.80. The Kier molecular flexibility index (Phi) is 5.50. The van der Waals surface area contributed by atoms with Crippen LogP contribution in [-0.4, -0.2) is 18.3 Å². The van der Waals surface area contributed by atoms with E-state index in [0.717, 1.165) is 18.6 Å². The van der Waals surface area contributed by atoms with Gasteiger partial charge in [0.05, 0.1) is 6.10 Å². The molecule has 2 heteroatoms. The molecule has 0 saturated heterocycles. The second-order valence-electron chi connectivity index (χ2n) is 4.26. The van der Waals surface area contributed by atoms with Gasteiger partial charge in [-0.25, -0.2) is 0 Å². The van der Waals surface area contributed by atoms with Gasteiger partial charge in [-0.2, -0.15) is 0 Å². The fraction of sp³-hybridized carbons (Fsp3) is 0.571. The number of aliphatic hydroxyl groups is 1. The summed E-state index contributed by atoms with van der Waals surface area (Å²) in [5.41, 5.74) is 3.48. The minimum absolute atomic E-state index is 0.406. The smallest absolute Gasteiger partial charge is 0.0812 e. The Labute approximate surface area is 98.3 Å². The quantitative estimate of drug-likeness (QED) is 0.749. The number of hydrogen-bond donors (Lipinski definition) is 1. The van der Waals surface area contributed by atoms with E-state index in [1.165, 1.54) is 11.1 Å². The summed E-state index contributed by atoms with van der Waals surface area (Å²) in [6.45, 7) is 7.64. The predicted molar refractivity (Wildman–Crippen MR) is 66.6 cm³/mol. The second-order valence-corrected chi connectivity index (χ2v) is 4.26. The first-order chi connectivity index (χ1) is 7.65. The van der Waals surface area contributed by atoms with Crippen molar-refractivity contribution >= 4 is 0 Å². The normalized spacial score (nSPS) is 12.8. The summed E-state index contributed by atoms with van der Waals surface area (Å²) in [6, 6.07) is 6.10. The maximum absolute atomic E-state index is 9.96. The summed E-state index contributed by atoms with van der Waals surface area (Å²) >= 11 is 0. The van der Waals surface area contributed by atoms with Gasteiger partial charge in [0.25, 0.3) is 0 Å². The number of aliphatic hydroxyl groups excluding tert-OH is 1. The van der Waals surface area contributed by atoms with E-state index in [0.29, 0.717) is 13.0 Å². The lowest BCUT2D eigenvalue weighted by atomic mass is 10.0. The number of ether oxygens (including phenoxy) is 1. The molecular formula is C14H22O2. The zero-order valence-corrected chi connectivity index (χ0v) is 10.5. The molecule has 0 saturated carbocycles. The molecule has 0 heterocycles. The summed E-state index contributed by atoms with van der Waals surface area (Å²) < 4.78 is 5.37. The SMILES string of the molecule is CCCOCCC(O)c1ccc(C)c(C)c1. The van der Waals surface area contributed by atoms with E-state index in [1.807, 2.05) is 6.07 Å². The number of aryl methyl sites for hydroxylation is 2. The molecule has 0 aliphatic rings. The Bertz CT molecular complexity index is 321. The van der Waals surface area contributed by atoms with Crippen molar-refractivity contribution in [2.75, 3.05) is 13.2 Å². The van der Waals surface area contributed by atoms with E-state index in [9.17, 15) is 5.11 Å². The zero-order chi connectivity index (χ0) is 12.0. The number of benzene rings is 1. The first-order valence-electron chi connectivity index (χ1n) is 5.98. The molecule has 0 aliphatic heterocycles. The lowest BCUT2D eigenvalue weighted by molar-refractivity contribution is 0.0822. The molecule has 1 aromatic rings. The van der Waals surface area contributed by atoms with Crippen LogP contribution in [0, 0.1) is 13.8 Å². The van der Waals surface area contributed by atoms with E-state index in [4.69, 9.17) is 4.74 Å². The highest BCUT2D eigenvalue weighted by Crippen LogP contribution is 2.19. The van der Waals surface area contributed by atoms with Crippen LogP contribution in [0.1, 0.15) is 42.6 Å². The molecule has 0 aliphatic carbocycles. The van der Waals surface area contributed by atoms with Crippen LogP contribution in [0.3, 0.4) is 0 Å². The maximum atomic E-state index is 9.96. The van der Waals surface area contributed by atoms with E-state index in [-0.39, 0.29) is 0 Å². The van der Waals surface area contributed by atoms with Crippen molar-refractivity contribution < 1.29 is 9.84 Å². The largest absolute Gasteiger partial charge is 0.388 e. The van der Waals surface area contributed by atoms with Gasteiger partial charge < -0.3 is 9.84 Å². The van der Waals surface area contributed by atoms with Crippen LogP contribution in [0.15, 0.2) is 18.2 Å². The Morgan fingerprint density at radius 1 is 1.19 bits per heavy atom. The summed E-state index contributed by atoms with van der Waals surface area (Å²) in [5.74, 6) is 0. The fourth-order valence-electron chi connectivity index (χ4n) is 1.58. The third kappa shape index (κ3) is 3.95. The number of hydrogen-bond acceptors (Lipinski definition) is 2. The van der Waals surface area contributed by atoms with Gasteiger partial charge in [-0.3, -0.25) is 0 Å². The standard InChI is InChI=1S/C14H22O2/c1-4-8-16-9-7-14(15)13-6-5-11(2)12(3)10-13/h5-6,10,14-15H,4,7-9H2,1-3H3. The summed E-state index contributed by atoms with van der Waals surface area (Å²) in [7, 11) is 0. The first kappa shape index (κ1) is 13.2. The van der Waals surface area contributed by atoms with Gasteiger partial charge in [0, 0.05) is 19.6 Å². The van der Waals surface area contributed by atoms with Crippen molar-refractivity contribution in [2.45, 2.75) is 39.7 Å². The molecule has 90 valence electrons. The average molecular weight is 222 g/mol. The Morgan fingerprint density at radius 2 is 1.94 bits per heavy atom. The molecule has 0 amide bonds. The minimum atomic E-state index is -0.406. The highest BCUT2D eigenvalue weighted by atomic mass is 16.5. The maximum Gasteiger partial charge on any atom is 0.0812 e. The highest BCUT2D eigenvalue weighted by Gasteiger charge is 2.07. The van der Waals surface area contributed by atoms with E-state index >= 15 is 0 Å². The molecule has 1 unspecified atom stereocenters. The number of rotatable bonds is 6. The van der Waals surface area contributed by atoms with Crippen molar-refractivity contribution in [2.24, 2.45) is 0 Å². The molecule has 2 nitrogen and oxygen atoms in total. The van der Waals surface area contributed by atoms with Crippen LogP contribution in [0.5, 0.6) is 0 Å². The van der Waals surface area contributed by atoms with Crippen molar-refractivity contribution in [3.63, 3.8) is 0 Å². The third-order valence-corrected chi connectivity index (χ3v) is 2.80. The predicted octanol–water partition coefficient (Wildman–Crippen LogP) is 3.15. The first-order valence-corrected chi connectivity index (χ1v) is 5.98. The van der Waals surface area contributed by atoms with Gasteiger partial charge in [-0.15, -0.1) is 0 Å². The Hall–Kier alpha value is -0.860. The van der Waals surface area contributed by atoms with Crippen LogP contribution in [0.4, 0.5) is 0 Å². The molecule has 1 aromatic carbocycles. The van der Waals surface area contributed by atoms with Gasteiger partial charge in [0.15, 0.2) is 0 Å². The Balaban J connectivity index is 2.46. The van der Waals surface area contributed by atoms with Crippen LogP contribution < -0.4 is 0 Å². The lowest BCUT2D eigenvalue weighted by Gasteiger charge is -2.12. The van der Waals surface area contributed by atoms with Crippen molar-refractivity contribution in [3.05, 3.63) is 34.9 Å². The van der Waals surface area contributed by atoms with E-state index in [2.05, 4.69) is 32.9 Å². The van der Waals surface area contributed by atoms with Crippen LogP contribution >= 0.6 is 0 Å². The van der Waals surface area contributed by atoms with Crippen molar-refractivity contribution in [1.29, 1.82) is 0 Å². The summed E-state index contributed by atoms with van der Waals surface area (Å²) in [6.07, 6.45) is 1.29.